The largest absolute Gasteiger partial charge is 0.447 e. The maximum atomic E-state index is 12.1. The van der Waals surface area contributed by atoms with E-state index in [1.807, 2.05) is 0 Å². The number of aryl methyl sites for hydroxylation is 1. The van der Waals surface area contributed by atoms with Crippen molar-refractivity contribution in [1.82, 2.24) is 9.71 Å². The summed E-state index contributed by atoms with van der Waals surface area (Å²) in [7, 11) is -3.70. The Hall–Kier alpha value is -1.99. The number of carbonyl (C=O) groups is 1. The molecule has 2 aromatic rings. The first-order valence-electron chi connectivity index (χ1n) is 5.90. The molecule has 1 N–H and O–H groups in total. The van der Waals surface area contributed by atoms with Crippen LogP contribution in [-0.2, 0) is 16.6 Å². The second-order valence-corrected chi connectivity index (χ2v) is 6.04. The molecule has 1 aromatic heterocycles. The van der Waals surface area contributed by atoms with Gasteiger partial charge in [0.2, 0.25) is 10.0 Å². The Morgan fingerprint density at radius 3 is 2.75 bits per heavy atom. The molecule has 0 aliphatic carbocycles. The Morgan fingerprint density at radius 1 is 1.40 bits per heavy atom. The number of nitrogens with zero attached hydrogens (tertiary/aromatic N) is 1. The van der Waals surface area contributed by atoms with Crippen LogP contribution in [0, 0.1) is 6.92 Å². The van der Waals surface area contributed by atoms with Crippen molar-refractivity contribution in [3.05, 3.63) is 47.7 Å². The molecule has 20 heavy (non-hydrogen) atoms. The number of aromatic nitrogens is 1. The van der Waals surface area contributed by atoms with Crippen molar-refractivity contribution >= 4 is 15.8 Å². The number of benzene rings is 1. The third-order valence-corrected chi connectivity index (χ3v) is 4.22. The SMILES string of the molecule is CC(=O)c1cccc(S(=O)(=O)NCc2ocnc2C)c1. The number of oxazole rings is 1. The highest BCUT2D eigenvalue weighted by molar-refractivity contribution is 7.89. The van der Waals surface area contributed by atoms with E-state index in [4.69, 9.17) is 4.42 Å². The van der Waals surface area contributed by atoms with Crippen LogP contribution in [0.15, 0.2) is 40.0 Å². The molecule has 7 heteroatoms. The lowest BCUT2D eigenvalue weighted by molar-refractivity contribution is 0.101. The van der Waals surface area contributed by atoms with Crippen LogP contribution in [0.5, 0.6) is 0 Å². The fourth-order valence-electron chi connectivity index (χ4n) is 1.62. The minimum Gasteiger partial charge on any atom is -0.447 e. The van der Waals surface area contributed by atoms with Gasteiger partial charge < -0.3 is 4.42 Å². The Balaban J connectivity index is 2.20. The number of sulfonamides is 1. The minimum absolute atomic E-state index is 0.0124. The second-order valence-electron chi connectivity index (χ2n) is 4.27. The monoisotopic (exact) mass is 294 g/mol. The molecule has 0 spiro atoms. The molecule has 0 unspecified atom stereocenters. The first-order valence-corrected chi connectivity index (χ1v) is 7.38. The Bertz CT molecular complexity index is 734. The van der Waals surface area contributed by atoms with Crippen LogP contribution in [0.4, 0.5) is 0 Å². The maximum absolute atomic E-state index is 12.1. The van der Waals surface area contributed by atoms with Crippen molar-refractivity contribution in [3.8, 4) is 0 Å². The van der Waals surface area contributed by atoms with E-state index in [1.54, 1.807) is 13.0 Å². The molecule has 106 valence electrons. The van der Waals surface area contributed by atoms with Gasteiger partial charge in [-0.15, -0.1) is 0 Å². The van der Waals surface area contributed by atoms with Crippen LogP contribution in [-0.4, -0.2) is 19.2 Å². The van der Waals surface area contributed by atoms with E-state index in [-0.39, 0.29) is 17.2 Å². The fraction of sp³-hybridized carbons (Fsp3) is 0.231. The van der Waals surface area contributed by atoms with Gasteiger partial charge in [0, 0.05) is 5.56 Å². The van der Waals surface area contributed by atoms with E-state index >= 15 is 0 Å². The predicted octanol–water partition coefficient (Wildman–Crippen LogP) is 1.66. The highest BCUT2D eigenvalue weighted by atomic mass is 32.2. The molecule has 2 rings (SSSR count). The van der Waals surface area contributed by atoms with E-state index in [0.717, 1.165) is 0 Å². The van der Waals surface area contributed by atoms with Gasteiger partial charge in [-0.1, -0.05) is 12.1 Å². The predicted molar refractivity (Wildman–Crippen MR) is 71.7 cm³/mol. The normalized spacial score (nSPS) is 11.5. The van der Waals surface area contributed by atoms with Crippen molar-refractivity contribution in [2.24, 2.45) is 0 Å². The lowest BCUT2D eigenvalue weighted by Gasteiger charge is -2.06. The van der Waals surface area contributed by atoms with Crippen molar-refractivity contribution in [1.29, 1.82) is 0 Å². The van der Waals surface area contributed by atoms with E-state index in [2.05, 4.69) is 9.71 Å². The standard InChI is InChI=1S/C13H14N2O4S/c1-9-13(19-8-14-9)7-15-20(17,18)12-5-3-4-11(6-12)10(2)16/h3-6,8,15H,7H2,1-2H3. The van der Waals surface area contributed by atoms with Gasteiger partial charge in [0.05, 0.1) is 17.1 Å². The van der Waals surface area contributed by atoms with Gasteiger partial charge in [-0.3, -0.25) is 4.79 Å². The van der Waals surface area contributed by atoms with Crippen molar-refractivity contribution < 1.29 is 17.6 Å². The van der Waals surface area contributed by atoms with Crippen LogP contribution >= 0.6 is 0 Å². The van der Waals surface area contributed by atoms with Crippen molar-refractivity contribution in [2.75, 3.05) is 0 Å². The quantitative estimate of drug-likeness (QED) is 0.847. The molecule has 1 aromatic carbocycles. The Labute approximate surface area is 116 Å². The van der Waals surface area contributed by atoms with Crippen molar-refractivity contribution in [3.63, 3.8) is 0 Å². The van der Waals surface area contributed by atoms with Gasteiger partial charge in [-0.2, -0.15) is 0 Å². The molecule has 0 saturated heterocycles. The van der Waals surface area contributed by atoms with Gasteiger partial charge in [0.25, 0.3) is 0 Å². The van der Waals surface area contributed by atoms with Gasteiger partial charge in [-0.05, 0) is 26.0 Å². The summed E-state index contributed by atoms with van der Waals surface area (Å²) in [6.45, 7) is 3.12. The van der Waals surface area contributed by atoms with Crippen LogP contribution in [0.2, 0.25) is 0 Å². The first kappa shape index (κ1) is 14.4. The maximum Gasteiger partial charge on any atom is 0.240 e. The summed E-state index contributed by atoms with van der Waals surface area (Å²) in [6.07, 6.45) is 1.26. The first-order chi connectivity index (χ1) is 9.40. The number of Topliss-reactive ketones (excluding diaryl/α,β-unsaturated/α-hetero) is 1. The molecule has 0 radical (unpaired) electrons. The minimum atomic E-state index is -3.70. The summed E-state index contributed by atoms with van der Waals surface area (Å²) in [5, 5.41) is 0. The summed E-state index contributed by atoms with van der Waals surface area (Å²) >= 11 is 0. The van der Waals surface area contributed by atoms with Gasteiger partial charge in [0.1, 0.15) is 5.76 Å². The number of ketones is 1. The third-order valence-electron chi connectivity index (χ3n) is 2.82. The zero-order valence-electron chi connectivity index (χ0n) is 11.1. The highest BCUT2D eigenvalue weighted by Gasteiger charge is 2.16. The summed E-state index contributed by atoms with van der Waals surface area (Å²) in [4.78, 5) is 15.2. The number of rotatable bonds is 5. The molecule has 0 aliphatic rings. The Morgan fingerprint density at radius 2 is 2.15 bits per heavy atom. The second kappa shape index (κ2) is 5.56. The Kier molecular flexibility index (Phi) is 4.01. The molecule has 0 fully saturated rings. The zero-order chi connectivity index (χ0) is 14.8. The fourth-order valence-corrected chi connectivity index (χ4v) is 2.65. The van der Waals surface area contributed by atoms with Gasteiger partial charge in [-0.25, -0.2) is 18.1 Å². The molecule has 6 nitrogen and oxygen atoms in total. The molecular formula is C13H14N2O4S. The topological polar surface area (TPSA) is 89.3 Å². The van der Waals surface area contributed by atoms with Crippen LogP contribution in [0.3, 0.4) is 0 Å². The molecular weight excluding hydrogens is 280 g/mol. The number of nitrogens with one attached hydrogen (secondary N) is 1. The molecule has 1 heterocycles. The van der Waals surface area contributed by atoms with Crippen LogP contribution in [0.25, 0.3) is 0 Å². The van der Waals surface area contributed by atoms with E-state index < -0.39 is 10.0 Å². The summed E-state index contributed by atoms with van der Waals surface area (Å²) < 4.78 is 31.7. The smallest absolute Gasteiger partial charge is 0.240 e. The number of hydrogen-bond acceptors (Lipinski definition) is 5. The van der Waals surface area contributed by atoms with Crippen LogP contribution in [0.1, 0.15) is 28.7 Å². The molecule has 0 atom stereocenters. The van der Waals surface area contributed by atoms with E-state index in [1.165, 1.54) is 31.5 Å². The van der Waals surface area contributed by atoms with E-state index in [9.17, 15) is 13.2 Å². The number of hydrogen-bond donors (Lipinski definition) is 1. The third kappa shape index (κ3) is 3.12. The summed E-state index contributed by atoms with van der Waals surface area (Å²) in [5.74, 6) is 0.268. The van der Waals surface area contributed by atoms with Gasteiger partial charge >= 0.3 is 0 Å². The highest BCUT2D eigenvalue weighted by Crippen LogP contribution is 2.13. The van der Waals surface area contributed by atoms with Crippen molar-refractivity contribution in [2.45, 2.75) is 25.3 Å². The van der Waals surface area contributed by atoms with Crippen LogP contribution < -0.4 is 4.72 Å². The van der Waals surface area contributed by atoms with E-state index in [0.29, 0.717) is 17.0 Å². The molecule has 0 saturated carbocycles. The molecule has 0 amide bonds. The average molecular weight is 294 g/mol. The number of carbonyl (C=O) groups excluding carboxylic acids is 1. The summed E-state index contributed by atoms with van der Waals surface area (Å²) in [5.41, 5.74) is 0.980. The summed E-state index contributed by atoms with van der Waals surface area (Å²) in [6, 6.07) is 5.88. The molecule has 0 aliphatic heterocycles. The average Bonchev–Trinajstić information content (AvgIpc) is 2.82. The lowest BCUT2D eigenvalue weighted by Crippen LogP contribution is -2.23. The lowest BCUT2D eigenvalue weighted by atomic mass is 10.2. The zero-order valence-corrected chi connectivity index (χ0v) is 11.9. The van der Waals surface area contributed by atoms with Gasteiger partial charge in [0.15, 0.2) is 12.2 Å². The molecule has 0 bridgehead atoms.